The van der Waals surface area contributed by atoms with E-state index in [1.54, 1.807) is 20.4 Å². The molecule has 1 N–H and O–H groups in total. The summed E-state index contributed by atoms with van der Waals surface area (Å²) in [7, 11) is 3.39. The molecule has 30 heavy (non-hydrogen) atoms. The second kappa shape index (κ2) is 9.65. The number of ether oxygens (including phenoxy) is 2. The van der Waals surface area contributed by atoms with E-state index in [-0.39, 0.29) is 0 Å². The van der Waals surface area contributed by atoms with E-state index in [2.05, 4.69) is 27.3 Å². The van der Waals surface area contributed by atoms with Gasteiger partial charge in [-0.3, -0.25) is 9.88 Å². The molecule has 0 bridgehead atoms. The van der Waals surface area contributed by atoms with Crippen molar-refractivity contribution in [3.63, 3.8) is 0 Å². The Morgan fingerprint density at radius 1 is 1.07 bits per heavy atom. The summed E-state index contributed by atoms with van der Waals surface area (Å²) in [4.78, 5) is 16.5. The minimum atomic E-state index is 0.618. The van der Waals surface area contributed by atoms with Crippen LogP contribution in [0.4, 0.5) is 5.82 Å². The van der Waals surface area contributed by atoms with Crippen LogP contribution in [0.5, 0.6) is 5.75 Å². The van der Waals surface area contributed by atoms with E-state index < -0.39 is 0 Å². The van der Waals surface area contributed by atoms with E-state index in [1.165, 1.54) is 5.56 Å². The number of methoxy groups -OCH3 is 2. The predicted octanol–water partition coefficient (Wildman–Crippen LogP) is 3.16. The van der Waals surface area contributed by atoms with E-state index >= 15 is 0 Å². The average Bonchev–Trinajstić information content (AvgIpc) is 2.80. The molecule has 0 amide bonds. The number of aromatic nitrogens is 3. The van der Waals surface area contributed by atoms with Gasteiger partial charge in [-0.1, -0.05) is 18.2 Å². The van der Waals surface area contributed by atoms with Gasteiger partial charge in [-0.2, -0.15) is 0 Å². The van der Waals surface area contributed by atoms with Gasteiger partial charge in [0.15, 0.2) is 5.82 Å². The van der Waals surface area contributed by atoms with Crippen molar-refractivity contribution in [3.05, 3.63) is 65.5 Å². The van der Waals surface area contributed by atoms with E-state index in [9.17, 15) is 0 Å². The van der Waals surface area contributed by atoms with Crippen LogP contribution < -0.4 is 10.1 Å². The molecule has 1 aliphatic heterocycles. The van der Waals surface area contributed by atoms with Crippen LogP contribution in [0.1, 0.15) is 16.8 Å². The maximum atomic E-state index is 5.26. The number of fused-ring (bicyclic) bond motifs is 1. The summed E-state index contributed by atoms with van der Waals surface area (Å²) in [6.07, 6.45) is 2.65. The van der Waals surface area contributed by atoms with Crippen LogP contribution in [0, 0.1) is 0 Å². The Kier molecular flexibility index (Phi) is 6.51. The van der Waals surface area contributed by atoms with Crippen LogP contribution in [0.15, 0.2) is 48.7 Å². The molecule has 0 atom stereocenters. The molecule has 0 aliphatic carbocycles. The Morgan fingerprint density at radius 3 is 2.67 bits per heavy atom. The van der Waals surface area contributed by atoms with Gasteiger partial charge in [0.2, 0.25) is 0 Å². The fraction of sp³-hybridized carbons (Fsp3) is 0.348. The Balaban J connectivity index is 1.57. The Labute approximate surface area is 177 Å². The van der Waals surface area contributed by atoms with Crippen molar-refractivity contribution < 1.29 is 9.47 Å². The number of nitrogens with zero attached hydrogens (tertiary/aromatic N) is 4. The number of hydrogen-bond donors (Lipinski definition) is 1. The molecule has 0 fully saturated rings. The van der Waals surface area contributed by atoms with Gasteiger partial charge < -0.3 is 14.8 Å². The SMILES string of the molecule is COCCNc1nc(-c2ccccn2)nc2c1CN(Cc1ccc(OC)cc1)CC2. The van der Waals surface area contributed by atoms with Crippen molar-refractivity contribution in [2.75, 3.05) is 39.2 Å². The molecular weight excluding hydrogens is 378 g/mol. The molecular formula is C23H27N5O2. The molecule has 1 aromatic carbocycles. The lowest BCUT2D eigenvalue weighted by Crippen LogP contribution is -2.32. The summed E-state index contributed by atoms with van der Waals surface area (Å²) >= 11 is 0. The molecule has 1 aliphatic rings. The Morgan fingerprint density at radius 2 is 1.93 bits per heavy atom. The summed E-state index contributed by atoms with van der Waals surface area (Å²) < 4.78 is 10.5. The van der Waals surface area contributed by atoms with Crippen LogP contribution in [-0.4, -0.2) is 53.8 Å². The topological polar surface area (TPSA) is 72.4 Å². The highest BCUT2D eigenvalue weighted by Gasteiger charge is 2.23. The molecule has 3 aromatic rings. The van der Waals surface area contributed by atoms with Gasteiger partial charge >= 0.3 is 0 Å². The zero-order valence-corrected chi connectivity index (χ0v) is 17.5. The third-order valence-corrected chi connectivity index (χ3v) is 5.20. The zero-order chi connectivity index (χ0) is 20.8. The standard InChI is InChI=1S/C23H27N5O2/c1-29-14-12-25-22-19-16-28(15-17-6-8-18(30-2)9-7-17)13-10-20(19)26-23(27-22)21-5-3-4-11-24-21/h3-9,11H,10,12-16H2,1-2H3,(H,25,26,27). The minimum absolute atomic E-state index is 0.618. The van der Waals surface area contributed by atoms with Crippen molar-refractivity contribution >= 4 is 5.82 Å². The van der Waals surface area contributed by atoms with Gasteiger partial charge in [0, 0.05) is 51.5 Å². The zero-order valence-electron chi connectivity index (χ0n) is 17.5. The van der Waals surface area contributed by atoms with E-state index in [4.69, 9.17) is 19.4 Å². The van der Waals surface area contributed by atoms with Crippen LogP contribution in [0.2, 0.25) is 0 Å². The molecule has 0 saturated carbocycles. The molecule has 0 radical (unpaired) electrons. The first-order valence-corrected chi connectivity index (χ1v) is 10.2. The van der Waals surface area contributed by atoms with Gasteiger partial charge in [-0.25, -0.2) is 9.97 Å². The number of nitrogens with one attached hydrogen (secondary N) is 1. The van der Waals surface area contributed by atoms with E-state index in [1.807, 2.05) is 30.3 Å². The third kappa shape index (κ3) is 4.75. The van der Waals surface area contributed by atoms with Crippen LogP contribution >= 0.6 is 0 Å². The molecule has 0 spiro atoms. The van der Waals surface area contributed by atoms with Crippen molar-refractivity contribution in [1.82, 2.24) is 19.9 Å². The fourth-order valence-electron chi connectivity index (χ4n) is 3.62. The van der Waals surface area contributed by atoms with Gasteiger partial charge in [-0.15, -0.1) is 0 Å². The van der Waals surface area contributed by atoms with E-state index in [0.29, 0.717) is 19.0 Å². The second-order valence-electron chi connectivity index (χ2n) is 7.26. The van der Waals surface area contributed by atoms with Crippen LogP contribution in [0.3, 0.4) is 0 Å². The summed E-state index contributed by atoms with van der Waals surface area (Å²) in [5, 5.41) is 3.44. The molecule has 0 saturated heterocycles. The van der Waals surface area contributed by atoms with E-state index in [0.717, 1.165) is 54.6 Å². The molecule has 2 aromatic heterocycles. The number of pyridine rings is 1. The van der Waals surface area contributed by atoms with Crippen molar-refractivity contribution in [1.29, 1.82) is 0 Å². The lowest BCUT2D eigenvalue weighted by molar-refractivity contribution is 0.210. The van der Waals surface area contributed by atoms with Crippen LogP contribution in [-0.2, 0) is 24.2 Å². The van der Waals surface area contributed by atoms with Gasteiger partial charge in [0.25, 0.3) is 0 Å². The van der Waals surface area contributed by atoms with Gasteiger partial charge in [0.1, 0.15) is 17.3 Å². The average molecular weight is 406 g/mol. The minimum Gasteiger partial charge on any atom is -0.497 e. The highest BCUT2D eigenvalue weighted by Crippen LogP contribution is 2.27. The smallest absolute Gasteiger partial charge is 0.180 e. The number of anilines is 1. The molecule has 156 valence electrons. The van der Waals surface area contributed by atoms with Crippen molar-refractivity contribution in [3.8, 4) is 17.3 Å². The summed E-state index contributed by atoms with van der Waals surface area (Å²) in [6, 6.07) is 14.1. The molecule has 7 nitrogen and oxygen atoms in total. The van der Waals surface area contributed by atoms with Crippen LogP contribution in [0.25, 0.3) is 11.5 Å². The number of hydrogen-bond acceptors (Lipinski definition) is 7. The van der Waals surface area contributed by atoms with Crippen molar-refractivity contribution in [2.24, 2.45) is 0 Å². The monoisotopic (exact) mass is 405 g/mol. The van der Waals surface area contributed by atoms with Crippen molar-refractivity contribution in [2.45, 2.75) is 19.5 Å². The second-order valence-corrected chi connectivity index (χ2v) is 7.26. The normalized spacial score (nSPS) is 13.7. The summed E-state index contributed by atoms with van der Waals surface area (Å²) in [5.74, 6) is 2.41. The highest BCUT2D eigenvalue weighted by molar-refractivity contribution is 5.57. The molecule has 4 rings (SSSR count). The maximum Gasteiger partial charge on any atom is 0.180 e. The third-order valence-electron chi connectivity index (χ3n) is 5.20. The molecule has 3 heterocycles. The lowest BCUT2D eigenvalue weighted by atomic mass is 10.0. The van der Waals surface area contributed by atoms with Gasteiger partial charge in [0.05, 0.1) is 19.4 Å². The molecule has 0 unspecified atom stereocenters. The quantitative estimate of drug-likeness (QED) is 0.577. The summed E-state index contributed by atoms with van der Waals surface area (Å²) in [6.45, 7) is 3.95. The van der Waals surface area contributed by atoms with Gasteiger partial charge in [-0.05, 0) is 29.8 Å². The fourth-order valence-corrected chi connectivity index (χ4v) is 3.62. The Hall–Kier alpha value is -3.03. The first-order valence-electron chi connectivity index (χ1n) is 10.2. The largest absolute Gasteiger partial charge is 0.497 e. The predicted molar refractivity (Wildman–Crippen MR) is 116 cm³/mol. The summed E-state index contributed by atoms with van der Waals surface area (Å²) in [5.41, 5.74) is 4.30. The maximum absolute atomic E-state index is 5.26. The molecule has 7 heteroatoms. The number of benzene rings is 1. The first-order chi connectivity index (χ1) is 14.8. The highest BCUT2D eigenvalue weighted by atomic mass is 16.5. The number of rotatable bonds is 8. The first kappa shape index (κ1) is 20.3. The lowest BCUT2D eigenvalue weighted by Gasteiger charge is -2.29. The Bertz CT molecular complexity index is 963.